The number of ketones is 1. The summed E-state index contributed by atoms with van der Waals surface area (Å²) in [5.74, 6) is 1.72. The van der Waals surface area contributed by atoms with E-state index in [2.05, 4.69) is 20.2 Å². The van der Waals surface area contributed by atoms with Crippen LogP contribution in [0.15, 0.2) is 60.9 Å². The van der Waals surface area contributed by atoms with E-state index in [4.69, 9.17) is 37.4 Å². The van der Waals surface area contributed by atoms with Gasteiger partial charge in [0.25, 0.3) is 0 Å². The average Bonchev–Trinajstić information content (AvgIpc) is 2.93. The van der Waals surface area contributed by atoms with Crippen molar-refractivity contribution in [2.24, 2.45) is 0 Å². The molecule has 8 nitrogen and oxygen atoms in total. The number of benzene rings is 3. The lowest BCUT2D eigenvalue weighted by Crippen LogP contribution is -2.45. The van der Waals surface area contributed by atoms with Crippen LogP contribution in [0.1, 0.15) is 17.3 Å². The molecule has 3 aromatic carbocycles. The molecule has 0 saturated carbocycles. The molecule has 0 amide bonds. The molecule has 5 rings (SSSR count). The summed E-state index contributed by atoms with van der Waals surface area (Å²) in [6.07, 6.45) is 1.29. The number of para-hydroxylation sites is 1. The van der Waals surface area contributed by atoms with Gasteiger partial charge in [-0.1, -0.05) is 35.3 Å². The van der Waals surface area contributed by atoms with Gasteiger partial charge in [0.2, 0.25) is 0 Å². The number of nitrogens with zero attached hydrogens (tertiary/aromatic N) is 3. The molecular weight excluding hydrogens is 527 g/mol. The summed E-state index contributed by atoms with van der Waals surface area (Å²) in [7, 11) is 1.58. The quantitative estimate of drug-likeness (QED) is 0.259. The van der Waals surface area contributed by atoms with Crippen molar-refractivity contribution in [2.75, 3.05) is 43.6 Å². The van der Waals surface area contributed by atoms with E-state index in [1.54, 1.807) is 26.2 Å². The highest BCUT2D eigenvalue weighted by atomic mass is 35.5. The van der Waals surface area contributed by atoms with E-state index in [1.807, 2.05) is 42.5 Å². The van der Waals surface area contributed by atoms with Crippen LogP contribution in [-0.4, -0.2) is 55.3 Å². The minimum Gasteiger partial charge on any atom is -0.493 e. The van der Waals surface area contributed by atoms with Crippen LogP contribution in [-0.2, 0) is 4.74 Å². The molecule has 1 atom stereocenters. The normalized spacial score (nSPS) is 15.4. The molecule has 1 aliphatic rings. The first-order chi connectivity index (χ1) is 18.4. The minimum absolute atomic E-state index is 0.0378. The standard InChI is InChI=1S/C28H26Cl2N4O4/c1-17(35)20-5-3-4-6-25(20)34-9-10-37-19(14-34)15-38-27-13-24-21(12-26(27)36-2)28(32-16-31-24)33-18-7-8-22(29)23(30)11-18/h3-8,11-13,16,19H,9-10,14-15H2,1-2H3,(H,31,32,33). The van der Waals surface area contributed by atoms with E-state index in [0.29, 0.717) is 64.7 Å². The number of anilines is 3. The highest BCUT2D eigenvalue weighted by molar-refractivity contribution is 6.42. The topological polar surface area (TPSA) is 85.8 Å². The van der Waals surface area contributed by atoms with Gasteiger partial charge in [0.1, 0.15) is 24.9 Å². The van der Waals surface area contributed by atoms with Crippen molar-refractivity contribution in [3.05, 3.63) is 76.5 Å². The summed E-state index contributed by atoms with van der Waals surface area (Å²) < 4.78 is 17.8. The Bertz CT molecular complexity index is 1480. The Kier molecular flexibility index (Phi) is 7.83. The van der Waals surface area contributed by atoms with Gasteiger partial charge in [-0.15, -0.1) is 0 Å². The first-order valence-corrected chi connectivity index (χ1v) is 12.8. The van der Waals surface area contributed by atoms with Gasteiger partial charge in [0.05, 0.1) is 29.3 Å². The molecule has 2 heterocycles. The van der Waals surface area contributed by atoms with E-state index in [-0.39, 0.29) is 11.9 Å². The lowest BCUT2D eigenvalue weighted by molar-refractivity contribution is 0.00974. The van der Waals surface area contributed by atoms with Gasteiger partial charge in [0, 0.05) is 41.5 Å². The number of carbonyl (C=O) groups is 1. The molecule has 0 spiro atoms. The number of methoxy groups -OCH3 is 1. The summed E-state index contributed by atoms with van der Waals surface area (Å²) >= 11 is 12.2. The number of hydrogen-bond donors (Lipinski definition) is 1. The molecule has 1 aliphatic heterocycles. The Morgan fingerprint density at radius 2 is 1.95 bits per heavy atom. The maximum Gasteiger partial charge on any atom is 0.163 e. The average molecular weight is 553 g/mol. The van der Waals surface area contributed by atoms with Crippen molar-refractivity contribution < 1.29 is 19.0 Å². The smallest absolute Gasteiger partial charge is 0.163 e. The maximum atomic E-state index is 12.1. The Morgan fingerprint density at radius 1 is 1.11 bits per heavy atom. The second kappa shape index (κ2) is 11.4. The number of Topliss-reactive ketones (excluding diaryl/α,β-unsaturated/α-hetero) is 1. The molecule has 1 fully saturated rings. The molecule has 4 aromatic rings. The molecular formula is C28H26Cl2N4O4. The van der Waals surface area contributed by atoms with Gasteiger partial charge in [-0.3, -0.25) is 4.79 Å². The van der Waals surface area contributed by atoms with Gasteiger partial charge >= 0.3 is 0 Å². The summed E-state index contributed by atoms with van der Waals surface area (Å²) in [4.78, 5) is 23.1. The van der Waals surface area contributed by atoms with Crippen molar-refractivity contribution in [1.29, 1.82) is 0 Å². The zero-order valence-corrected chi connectivity index (χ0v) is 22.4. The van der Waals surface area contributed by atoms with Crippen LogP contribution in [0.25, 0.3) is 10.9 Å². The molecule has 1 saturated heterocycles. The Hall–Kier alpha value is -3.59. The zero-order chi connectivity index (χ0) is 26.6. The highest BCUT2D eigenvalue weighted by Gasteiger charge is 2.24. The van der Waals surface area contributed by atoms with Crippen LogP contribution >= 0.6 is 23.2 Å². The van der Waals surface area contributed by atoms with Gasteiger partial charge in [-0.25, -0.2) is 9.97 Å². The fraction of sp³-hybridized carbons (Fsp3) is 0.250. The number of morpholine rings is 1. The lowest BCUT2D eigenvalue weighted by Gasteiger charge is -2.35. The largest absolute Gasteiger partial charge is 0.493 e. The third kappa shape index (κ3) is 5.62. The molecule has 196 valence electrons. The Labute approximate surface area is 230 Å². The van der Waals surface area contributed by atoms with E-state index < -0.39 is 0 Å². The molecule has 0 bridgehead atoms. The molecule has 0 aliphatic carbocycles. The summed E-state index contributed by atoms with van der Waals surface area (Å²) in [6, 6.07) is 16.6. The first kappa shape index (κ1) is 26.0. The zero-order valence-electron chi connectivity index (χ0n) is 20.9. The number of rotatable bonds is 8. The number of carbonyl (C=O) groups excluding carboxylic acids is 1. The first-order valence-electron chi connectivity index (χ1n) is 12.1. The maximum absolute atomic E-state index is 12.1. The second-order valence-electron chi connectivity index (χ2n) is 8.82. The summed E-state index contributed by atoms with van der Waals surface area (Å²) in [5.41, 5.74) is 3.04. The number of nitrogens with one attached hydrogen (secondary N) is 1. The molecule has 1 N–H and O–H groups in total. The molecule has 38 heavy (non-hydrogen) atoms. The number of fused-ring (bicyclic) bond motifs is 1. The monoisotopic (exact) mass is 552 g/mol. The number of ether oxygens (including phenoxy) is 3. The number of hydrogen-bond acceptors (Lipinski definition) is 8. The van der Waals surface area contributed by atoms with E-state index in [1.165, 1.54) is 6.33 Å². The molecule has 1 unspecified atom stereocenters. The minimum atomic E-state index is -0.193. The van der Waals surface area contributed by atoms with Crippen LogP contribution in [0.4, 0.5) is 17.2 Å². The van der Waals surface area contributed by atoms with Crippen molar-refractivity contribution in [2.45, 2.75) is 13.0 Å². The van der Waals surface area contributed by atoms with E-state index >= 15 is 0 Å². The Morgan fingerprint density at radius 3 is 2.74 bits per heavy atom. The van der Waals surface area contributed by atoms with Crippen molar-refractivity contribution in [3.63, 3.8) is 0 Å². The van der Waals surface area contributed by atoms with Gasteiger partial charge in [-0.05, 0) is 43.3 Å². The fourth-order valence-corrected chi connectivity index (χ4v) is 4.71. The number of aromatic nitrogens is 2. The van der Waals surface area contributed by atoms with Crippen LogP contribution in [0.2, 0.25) is 10.0 Å². The molecule has 10 heteroatoms. The van der Waals surface area contributed by atoms with E-state index in [9.17, 15) is 4.79 Å². The number of halogens is 2. The fourth-order valence-electron chi connectivity index (χ4n) is 4.42. The third-order valence-electron chi connectivity index (χ3n) is 6.29. The van der Waals surface area contributed by atoms with Gasteiger partial charge in [0.15, 0.2) is 17.3 Å². The summed E-state index contributed by atoms with van der Waals surface area (Å²) in [6.45, 7) is 3.72. The lowest BCUT2D eigenvalue weighted by atomic mass is 10.1. The van der Waals surface area contributed by atoms with Crippen LogP contribution in [0.3, 0.4) is 0 Å². The third-order valence-corrected chi connectivity index (χ3v) is 7.03. The van der Waals surface area contributed by atoms with Crippen molar-refractivity contribution >= 4 is 57.1 Å². The van der Waals surface area contributed by atoms with Gasteiger partial charge in [-0.2, -0.15) is 0 Å². The second-order valence-corrected chi connectivity index (χ2v) is 9.63. The van der Waals surface area contributed by atoms with Crippen LogP contribution in [0.5, 0.6) is 11.5 Å². The predicted molar refractivity (Wildman–Crippen MR) is 150 cm³/mol. The van der Waals surface area contributed by atoms with Gasteiger partial charge < -0.3 is 24.4 Å². The predicted octanol–water partition coefficient (Wildman–Crippen LogP) is 6.18. The highest BCUT2D eigenvalue weighted by Crippen LogP contribution is 2.36. The summed E-state index contributed by atoms with van der Waals surface area (Å²) in [5, 5.41) is 4.93. The Balaban J connectivity index is 1.33. The molecule has 1 aromatic heterocycles. The van der Waals surface area contributed by atoms with Crippen LogP contribution < -0.4 is 19.7 Å². The molecule has 0 radical (unpaired) electrons. The van der Waals surface area contributed by atoms with Crippen molar-refractivity contribution in [1.82, 2.24) is 9.97 Å². The van der Waals surface area contributed by atoms with Crippen molar-refractivity contribution in [3.8, 4) is 11.5 Å². The van der Waals surface area contributed by atoms with Crippen LogP contribution in [0, 0.1) is 0 Å². The SMILES string of the molecule is COc1cc2c(Nc3ccc(Cl)c(Cl)c3)ncnc2cc1OCC1CN(c2ccccc2C(C)=O)CCO1. The van der Waals surface area contributed by atoms with E-state index in [0.717, 1.165) is 16.8 Å².